The Hall–Kier alpha value is -1.10. The molecule has 0 aromatic rings. The number of carboxylic acid groups (broad SMARTS) is 1. The molecular formula is C14H24N2O3. The third kappa shape index (κ3) is 2.48. The highest BCUT2D eigenvalue weighted by Gasteiger charge is 2.50. The molecule has 19 heavy (non-hydrogen) atoms. The van der Waals surface area contributed by atoms with Crippen molar-refractivity contribution in [1.29, 1.82) is 0 Å². The summed E-state index contributed by atoms with van der Waals surface area (Å²) in [4.78, 5) is 25.5. The molecule has 1 saturated carbocycles. The van der Waals surface area contributed by atoms with Crippen molar-refractivity contribution in [2.24, 2.45) is 23.0 Å². The molecule has 2 rings (SSSR count). The number of nitrogens with zero attached hydrogens (tertiary/aromatic N) is 1. The zero-order valence-corrected chi connectivity index (χ0v) is 11.9. The quantitative estimate of drug-likeness (QED) is 0.784. The number of hydrogen-bond acceptors (Lipinski definition) is 3. The van der Waals surface area contributed by atoms with E-state index < -0.39 is 18.1 Å². The summed E-state index contributed by atoms with van der Waals surface area (Å²) in [6, 6.07) is -1.32. The molecule has 2 aliphatic rings. The molecule has 0 spiro atoms. The van der Waals surface area contributed by atoms with Crippen LogP contribution in [-0.2, 0) is 9.59 Å². The molecule has 108 valence electrons. The molecule has 4 atom stereocenters. The number of carbonyl (C=O) groups is 2. The molecule has 3 unspecified atom stereocenters. The van der Waals surface area contributed by atoms with E-state index in [2.05, 4.69) is 0 Å². The molecule has 1 aliphatic carbocycles. The van der Waals surface area contributed by atoms with Crippen LogP contribution in [0.25, 0.3) is 0 Å². The molecular weight excluding hydrogens is 244 g/mol. The monoisotopic (exact) mass is 268 g/mol. The van der Waals surface area contributed by atoms with Crippen molar-refractivity contribution in [2.45, 2.75) is 52.1 Å². The van der Waals surface area contributed by atoms with Crippen molar-refractivity contribution in [1.82, 2.24) is 4.90 Å². The second kappa shape index (κ2) is 4.78. The highest BCUT2D eigenvalue weighted by Crippen LogP contribution is 2.42. The minimum atomic E-state index is -0.885. The topological polar surface area (TPSA) is 83.6 Å². The zero-order valence-electron chi connectivity index (χ0n) is 11.9. The maximum absolute atomic E-state index is 12.5. The minimum absolute atomic E-state index is 0.119. The number of carboxylic acids is 1. The van der Waals surface area contributed by atoms with E-state index in [1.165, 1.54) is 4.90 Å². The average molecular weight is 268 g/mol. The standard InChI is InChI=1S/C14H24N2O3/c1-14(2,3)11(15)12(17)16-7-8-5-4-6-9(8)10(16)13(18)19/h8-11H,4-7,15H2,1-3H3,(H,18,19)/t8?,9?,10?,11-/m0/s1. The SMILES string of the molecule is CC(C)(C)[C@@H](N)C(=O)N1CC2CCCC2C1C(=O)O. The van der Waals surface area contributed by atoms with Gasteiger partial charge in [0, 0.05) is 6.54 Å². The van der Waals surface area contributed by atoms with Crippen molar-refractivity contribution in [2.75, 3.05) is 6.54 Å². The van der Waals surface area contributed by atoms with Crippen LogP contribution < -0.4 is 5.73 Å². The van der Waals surface area contributed by atoms with E-state index >= 15 is 0 Å². The first-order valence-corrected chi connectivity index (χ1v) is 7.02. The van der Waals surface area contributed by atoms with Gasteiger partial charge in [0.15, 0.2) is 0 Å². The minimum Gasteiger partial charge on any atom is -0.480 e. The Balaban J connectivity index is 2.19. The highest BCUT2D eigenvalue weighted by molar-refractivity contribution is 5.88. The van der Waals surface area contributed by atoms with E-state index in [1.807, 2.05) is 20.8 Å². The lowest BCUT2D eigenvalue weighted by Crippen LogP contribution is -2.54. The lowest BCUT2D eigenvalue weighted by Gasteiger charge is -2.32. The van der Waals surface area contributed by atoms with Gasteiger partial charge in [-0.3, -0.25) is 4.79 Å². The summed E-state index contributed by atoms with van der Waals surface area (Å²) in [5.74, 6) is -0.635. The van der Waals surface area contributed by atoms with Crippen LogP contribution in [0.5, 0.6) is 0 Å². The van der Waals surface area contributed by atoms with Gasteiger partial charge >= 0.3 is 5.97 Å². The first kappa shape index (κ1) is 14.3. The average Bonchev–Trinajstić information content (AvgIpc) is 2.83. The molecule has 5 heteroatoms. The second-order valence-corrected chi connectivity index (χ2v) is 6.97. The fraction of sp³-hybridized carbons (Fsp3) is 0.857. The van der Waals surface area contributed by atoms with E-state index in [1.54, 1.807) is 0 Å². The predicted octanol–water partition coefficient (Wildman–Crippen LogP) is 1.07. The molecule has 1 amide bonds. The van der Waals surface area contributed by atoms with E-state index in [0.29, 0.717) is 12.5 Å². The van der Waals surface area contributed by atoms with Crippen molar-refractivity contribution >= 4 is 11.9 Å². The Bertz CT molecular complexity index is 389. The van der Waals surface area contributed by atoms with E-state index in [-0.39, 0.29) is 17.2 Å². The molecule has 2 fully saturated rings. The van der Waals surface area contributed by atoms with Crippen molar-refractivity contribution in [3.8, 4) is 0 Å². The smallest absolute Gasteiger partial charge is 0.326 e. The van der Waals surface area contributed by atoms with Gasteiger partial charge < -0.3 is 15.7 Å². The number of rotatable bonds is 2. The van der Waals surface area contributed by atoms with Crippen LogP contribution in [0.3, 0.4) is 0 Å². The second-order valence-electron chi connectivity index (χ2n) is 6.97. The molecule has 0 aromatic carbocycles. The largest absolute Gasteiger partial charge is 0.480 e. The van der Waals surface area contributed by atoms with Gasteiger partial charge in [-0.2, -0.15) is 0 Å². The molecule has 5 nitrogen and oxygen atoms in total. The zero-order chi connectivity index (χ0) is 14.4. The van der Waals surface area contributed by atoms with Gasteiger partial charge in [0.1, 0.15) is 6.04 Å². The summed E-state index contributed by atoms with van der Waals surface area (Å²) in [5.41, 5.74) is 5.65. The number of amides is 1. The predicted molar refractivity (Wildman–Crippen MR) is 71.4 cm³/mol. The number of nitrogens with two attached hydrogens (primary N) is 1. The molecule has 1 saturated heterocycles. The number of carbonyl (C=O) groups excluding carboxylic acids is 1. The van der Waals surface area contributed by atoms with Gasteiger partial charge in [-0.1, -0.05) is 27.2 Å². The Labute approximate surface area is 114 Å². The van der Waals surface area contributed by atoms with Crippen LogP contribution in [0.15, 0.2) is 0 Å². The summed E-state index contributed by atoms with van der Waals surface area (Å²) in [6.45, 7) is 6.27. The molecule has 1 heterocycles. The first-order valence-electron chi connectivity index (χ1n) is 7.02. The fourth-order valence-electron chi connectivity index (χ4n) is 3.40. The van der Waals surface area contributed by atoms with Crippen LogP contribution in [0.4, 0.5) is 0 Å². The van der Waals surface area contributed by atoms with Crippen LogP contribution in [0.1, 0.15) is 40.0 Å². The molecule has 3 N–H and O–H groups in total. The fourth-order valence-corrected chi connectivity index (χ4v) is 3.40. The number of fused-ring (bicyclic) bond motifs is 1. The Morgan fingerprint density at radius 2 is 1.95 bits per heavy atom. The summed E-state index contributed by atoms with van der Waals surface area (Å²) >= 11 is 0. The van der Waals surface area contributed by atoms with Gasteiger partial charge in [0.2, 0.25) is 5.91 Å². The van der Waals surface area contributed by atoms with Crippen LogP contribution in [-0.4, -0.2) is 40.5 Å². The lowest BCUT2D eigenvalue weighted by atomic mass is 9.86. The summed E-state index contributed by atoms with van der Waals surface area (Å²) in [5, 5.41) is 9.43. The summed E-state index contributed by atoms with van der Waals surface area (Å²) < 4.78 is 0. The summed E-state index contributed by atoms with van der Waals surface area (Å²) in [7, 11) is 0. The van der Waals surface area contributed by atoms with Crippen molar-refractivity contribution in [3.05, 3.63) is 0 Å². The highest BCUT2D eigenvalue weighted by atomic mass is 16.4. The van der Waals surface area contributed by atoms with Crippen LogP contribution in [0.2, 0.25) is 0 Å². The van der Waals surface area contributed by atoms with E-state index in [0.717, 1.165) is 19.3 Å². The third-order valence-corrected chi connectivity index (χ3v) is 4.63. The normalized spacial score (nSPS) is 32.2. The maximum atomic E-state index is 12.5. The van der Waals surface area contributed by atoms with Gasteiger partial charge in [0.05, 0.1) is 6.04 Å². The Kier molecular flexibility index (Phi) is 3.60. The lowest BCUT2D eigenvalue weighted by molar-refractivity contribution is -0.151. The molecule has 0 aromatic heterocycles. The third-order valence-electron chi connectivity index (χ3n) is 4.63. The van der Waals surface area contributed by atoms with Crippen LogP contribution in [0, 0.1) is 17.3 Å². The van der Waals surface area contributed by atoms with Crippen LogP contribution >= 0.6 is 0 Å². The van der Waals surface area contributed by atoms with Gasteiger partial charge in [-0.05, 0) is 30.1 Å². The van der Waals surface area contributed by atoms with Gasteiger partial charge in [-0.25, -0.2) is 4.79 Å². The summed E-state index contributed by atoms with van der Waals surface area (Å²) in [6.07, 6.45) is 3.02. The van der Waals surface area contributed by atoms with E-state index in [9.17, 15) is 14.7 Å². The Morgan fingerprint density at radius 3 is 2.47 bits per heavy atom. The number of likely N-dealkylation sites (tertiary alicyclic amines) is 1. The first-order chi connectivity index (χ1) is 8.73. The molecule has 0 bridgehead atoms. The van der Waals surface area contributed by atoms with Gasteiger partial charge in [-0.15, -0.1) is 0 Å². The number of hydrogen-bond donors (Lipinski definition) is 2. The molecule has 0 radical (unpaired) electrons. The van der Waals surface area contributed by atoms with Crippen molar-refractivity contribution in [3.63, 3.8) is 0 Å². The number of aliphatic carboxylic acids is 1. The molecule has 1 aliphatic heterocycles. The Morgan fingerprint density at radius 1 is 1.32 bits per heavy atom. The maximum Gasteiger partial charge on any atom is 0.326 e. The van der Waals surface area contributed by atoms with Gasteiger partial charge in [0.25, 0.3) is 0 Å². The van der Waals surface area contributed by atoms with Crippen molar-refractivity contribution < 1.29 is 14.7 Å². The van der Waals surface area contributed by atoms with E-state index in [4.69, 9.17) is 5.73 Å².